The lowest BCUT2D eigenvalue weighted by Crippen LogP contribution is -2.22. The summed E-state index contributed by atoms with van der Waals surface area (Å²) >= 11 is 0. The molecule has 5 fully saturated rings. The third kappa shape index (κ3) is 17.8. The fraction of sp³-hybridized carbons (Fsp3) is 1.00. The van der Waals surface area contributed by atoms with Gasteiger partial charge in [-0.15, -0.1) is 0 Å². The van der Waals surface area contributed by atoms with Gasteiger partial charge >= 0.3 is 0 Å². The van der Waals surface area contributed by atoms with E-state index in [-0.39, 0.29) is 0 Å². The Labute approximate surface area is 286 Å². The molecule has 0 aromatic carbocycles. The lowest BCUT2D eigenvalue weighted by Gasteiger charge is -2.34. The molecule has 0 heterocycles. The molecule has 0 nitrogen and oxygen atoms in total. The van der Waals surface area contributed by atoms with Crippen LogP contribution >= 0.6 is 0 Å². The van der Waals surface area contributed by atoms with E-state index in [4.69, 9.17) is 0 Å². The smallest absolute Gasteiger partial charge is 0.0383 e. The summed E-state index contributed by atoms with van der Waals surface area (Å²) in [6.07, 6.45) is 46.9. The average Bonchev–Trinajstić information content (AvgIpc) is 2.97. The van der Waals surface area contributed by atoms with Gasteiger partial charge in [-0.05, 0) is 78.9 Å². The number of hydrogen-bond acceptors (Lipinski definition) is 0. The van der Waals surface area contributed by atoms with Crippen LogP contribution in [-0.4, -0.2) is 0 Å². The van der Waals surface area contributed by atoms with Crippen LogP contribution in [0, 0.1) is 53.3 Å². The minimum absolute atomic E-state index is 0.982. The van der Waals surface area contributed by atoms with Crippen molar-refractivity contribution in [3.63, 3.8) is 0 Å². The summed E-state index contributed by atoms with van der Waals surface area (Å²) in [6.45, 7) is 12.3. The highest BCUT2D eigenvalue weighted by atomic mass is 14.3. The molecule has 0 aliphatic heterocycles. The lowest BCUT2D eigenvalue weighted by atomic mass is 9.71. The van der Waals surface area contributed by atoms with Gasteiger partial charge in [-0.1, -0.05) is 208 Å². The van der Waals surface area contributed by atoms with Crippen molar-refractivity contribution in [2.75, 3.05) is 0 Å². The van der Waals surface area contributed by atoms with E-state index in [1.807, 2.05) is 0 Å². The number of hydrogen-bond donors (Lipinski definition) is 0. The molecule has 5 aliphatic carbocycles. The minimum Gasteiger partial charge on any atom is -0.0625 e. The summed E-state index contributed by atoms with van der Waals surface area (Å²) in [7, 11) is 0. The molecule has 0 aromatic heterocycles. The van der Waals surface area contributed by atoms with Gasteiger partial charge in [0.25, 0.3) is 0 Å². The summed E-state index contributed by atoms with van der Waals surface area (Å²) in [5.41, 5.74) is 0. The molecular weight excluding hydrogens is 540 g/mol. The molecule has 7 unspecified atom stereocenters. The Balaban J connectivity index is 0.000000195. The Morgan fingerprint density at radius 1 is 0.200 bits per heavy atom. The van der Waals surface area contributed by atoms with E-state index in [9.17, 15) is 0 Å². The SMILES string of the molecule is CC1CCCCC(C2CCC(C)CCC(C)C2)CC1.CC1CCCCC(C2CCCCCCC2)CC1.CC1CCCCCCC1. The van der Waals surface area contributed by atoms with Crippen LogP contribution in [0.15, 0.2) is 0 Å². The molecule has 266 valence electrons. The molecule has 0 bridgehead atoms. The molecule has 0 N–H and O–H groups in total. The van der Waals surface area contributed by atoms with E-state index in [0.29, 0.717) is 0 Å². The maximum Gasteiger partial charge on any atom is -0.0383 e. The molecule has 0 spiro atoms. The van der Waals surface area contributed by atoms with E-state index in [1.165, 1.54) is 167 Å². The summed E-state index contributed by atoms with van der Waals surface area (Å²) in [5, 5.41) is 0. The molecule has 45 heavy (non-hydrogen) atoms. The highest BCUT2D eigenvalue weighted by Gasteiger charge is 2.27. The van der Waals surface area contributed by atoms with Crippen molar-refractivity contribution in [1.82, 2.24) is 0 Å². The van der Waals surface area contributed by atoms with Crippen molar-refractivity contribution < 1.29 is 0 Å². The maximum absolute atomic E-state index is 2.51. The van der Waals surface area contributed by atoms with Crippen molar-refractivity contribution in [2.45, 2.75) is 234 Å². The predicted octanol–water partition coefficient (Wildman–Crippen LogP) is 15.8. The van der Waals surface area contributed by atoms with Gasteiger partial charge in [-0.25, -0.2) is 0 Å². The van der Waals surface area contributed by atoms with Gasteiger partial charge in [0.15, 0.2) is 0 Å². The van der Waals surface area contributed by atoms with Gasteiger partial charge in [0.2, 0.25) is 0 Å². The van der Waals surface area contributed by atoms with Gasteiger partial charge in [-0.3, -0.25) is 0 Å². The zero-order valence-electron chi connectivity index (χ0n) is 32.1. The Hall–Kier alpha value is 0. The van der Waals surface area contributed by atoms with Crippen molar-refractivity contribution in [1.29, 1.82) is 0 Å². The Morgan fingerprint density at radius 2 is 0.444 bits per heavy atom. The Morgan fingerprint density at radius 3 is 0.933 bits per heavy atom. The monoisotopic (exact) mass is 627 g/mol. The molecule has 5 rings (SSSR count). The third-order valence-electron chi connectivity index (χ3n) is 13.9. The highest BCUT2D eigenvalue weighted by Crippen LogP contribution is 2.40. The molecule has 5 aliphatic rings. The average molecular weight is 627 g/mol. The molecular formula is C45H86. The summed E-state index contributed by atoms with van der Waals surface area (Å²) in [4.78, 5) is 0. The van der Waals surface area contributed by atoms with Crippen LogP contribution in [0.2, 0.25) is 0 Å². The van der Waals surface area contributed by atoms with Crippen LogP contribution in [-0.2, 0) is 0 Å². The summed E-state index contributed by atoms with van der Waals surface area (Å²) in [6, 6.07) is 0. The molecule has 0 radical (unpaired) electrons. The first-order chi connectivity index (χ1) is 21.9. The second-order valence-electron chi connectivity index (χ2n) is 18.4. The largest absolute Gasteiger partial charge is 0.0625 e. The van der Waals surface area contributed by atoms with Crippen LogP contribution in [0.5, 0.6) is 0 Å². The minimum atomic E-state index is 0.982. The van der Waals surface area contributed by atoms with Crippen LogP contribution in [0.1, 0.15) is 234 Å². The zero-order chi connectivity index (χ0) is 32.1. The second kappa shape index (κ2) is 24.2. The first-order valence-electron chi connectivity index (χ1n) is 21.9. The normalized spacial score (nSPS) is 36.1. The van der Waals surface area contributed by atoms with Crippen molar-refractivity contribution in [3.05, 3.63) is 0 Å². The van der Waals surface area contributed by atoms with Gasteiger partial charge in [-0.2, -0.15) is 0 Å². The summed E-state index contributed by atoms with van der Waals surface area (Å²) < 4.78 is 0. The predicted molar refractivity (Wildman–Crippen MR) is 203 cm³/mol. The van der Waals surface area contributed by atoms with Crippen molar-refractivity contribution in [2.24, 2.45) is 53.3 Å². The van der Waals surface area contributed by atoms with E-state index in [1.54, 1.807) is 32.1 Å². The van der Waals surface area contributed by atoms with Crippen molar-refractivity contribution >= 4 is 0 Å². The standard InChI is InChI=1S/C19H36.C17H32.C9H18/c1-15-6-4-5-7-18(12-10-15)19-13-11-16(2)8-9-17(3)14-19;1-15-9-7-8-12-17(14-13-15)16-10-5-3-2-4-6-11-16;1-9-7-5-3-2-4-6-8-9/h15-19H,4-14H2,1-3H3;15-17H,2-14H2,1H3;9H,2-8H2,1H3. The maximum atomic E-state index is 2.51. The molecule has 0 aromatic rings. The zero-order valence-corrected chi connectivity index (χ0v) is 32.1. The fourth-order valence-electron chi connectivity index (χ4n) is 10.3. The van der Waals surface area contributed by atoms with Gasteiger partial charge in [0.05, 0.1) is 0 Å². The molecule has 0 amide bonds. The fourth-order valence-corrected chi connectivity index (χ4v) is 10.3. The van der Waals surface area contributed by atoms with Crippen molar-refractivity contribution in [3.8, 4) is 0 Å². The van der Waals surface area contributed by atoms with Crippen LogP contribution in [0.3, 0.4) is 0 Å². The molecule has 0 saturated heterocycles. The van der Waals surface area contributed by atoms with Crippen LogP contribution in [0.4, 0.5) is 0 Å². The van der Waals surface area contributed by atoms with Crippen LogP contribution in [0.25, 0.3) is 0 Å². The quantitative estimate of drug-likeness (QED) is 0.286. The van der Waals surface area contributed by atoms with Gasteiger partial charge in [0, 0.05) is 0 Å². The van der Waals surface area contributed by atoms with E-state index in [2.05, 4.69) is 34.6 Å². The Kier molecular flexibility index (Phi) is 21.2. The highest BCUT2D eigenvalue weighted by molar-refractivity contribution is 4.79. The van der Waals surface area contributed by atoms with E-state index < -0.39 is 0 Å². The number of rotatable bonds is 2. The van der Waals surface area contributed by atoms with Gasteiger partial charge in [0.1, 0.15) is 0 Å². The molecule has 5 saturated carbocycles. The first kappa shape index (κ1) is 39.4. The third-order valence-corrected chi connectivity index (χ3v) is 13.9. The van der Waals surface area contributed by atoms with Crippen LogP contribution < -0.4 is 0 Å². The molecule has 7 atom stereocenters. The summed E-state index contributed by atoms with van der Waals surface area (Å²) in [5.74, 6) is 9.30. The second-order valence-corrected chi connectivity index (χ2v) is 18.4. The molecule has 0 heteroatoms. The topological polar surface area (TPSA) is 0 Å². The lowest BCUT2D eigenvalue weighted by molar-refractivity contribution is 0.172. The Bertz CT molecular complexity index is 664. The first-order valence-corrected chi connectivity index (χ1v) is 21.9. The van der Waals surface area contributed by atoms with E-state index >= 15 is 0 Å². The van der Waals surface area contributed by atoms with Gasteiger partial charge < -0.3 is 0 Å². The van der Waals surface area contributed by atoms with E-state index in [0.717, 1.165) is 53.3 Å².